The van der Waals surface area contributed by atoms with Gasteiger partial charge in [0, 0.05) is 32.4 Å². The number of hydrogen-bond acceptors (Lipinski definition) is 5. The Kier molecular flexibility index (Phi) is 6.63. The lowest BCUT2D eigenvalue weighted by molar-refractivity contribution is -0.136. The van der Waals surface area contributed by atoms with Crippen LogP contribution in [0.4, 0.5) is 35.4 Å². The molecule has 0 unspecified atom stereocenters. The van der Waals surface area contributed by atoms with Gasteiger partial charge in [-0.2, -0.15) is 18.2 Å². The molecule has 162 valence electrons. The monoisotopic (exact) mass is 422 g/mol. The van der Waals surface area contributed by atoms with E-state index in [0.717, 1.165) is 24.7 Å². The largest absolute Gasteiger partial charge is 0.418 e. The number of halogens is 3. The van der Waals surface area contributed by atoms with E-state index in [1.165, 1.54) is 18.2 Å². The maximum absolute atomic E-state index is 13.1. The highest BCUT2D eigenvalue weighted by Gasteiger charge is 2.33. The molecule has 1 aromatic heterocycles. The number of alkyl halides is 3. The Labute approximate surface area is 173 Å². The van der Waals surface area contributed by atoms with Crippen LogP contribution in [0.3, 0.4) is 0 Å². The number of rotatable bonds is 5. The molecule has 1 aliphatic rings. The van der Waals surface area contributed by atoms with Crippen molar-refractivity contribution < 1.29 is 18.0 Å². The maximum Gasteiger partial charge on any atom is 0.418 e. The molecular formula is C20H25F3N6O. The van der Waals surface area contributed by atoms with E-state index in [2.05, 4.69) is 25.9 Å². The molecule has 1 aromatic carbocycles. The van der Waals surface area contributed by atoms with Gasteiger partial charge in [0.05, 0.1) is 11.3 Å². The lowest BCUT2D eigenvalue weighted by Gasteiger charge is -2.30. The fraction of sp³-hybridized carbons (Fsp3) is 0.450. The van der Waals surface area contributed by atoms with Gasteiger partial charge in [-0.15, -0.1) is 0 Å². The van der Waals surface area contributed by atoms with E-state index in [-0.39, 0.29) is 17.8 Å². The molecule has 0 bridgehead atoms. The number of carbonyl (C=O) groups excluding carboxylic acids is 1. The molecular weight excluding hydrogens is 397 g/mol. The molecule has 2 amide bonds. The molecule has 0 atom stereocenters. The topological polar surface area (TPSA) is 82.2 Å². The van der Waals surface area contributed by atoms with Crippen molar-refractivity contribution in [3.63, 3.8) is 0 Å². The first-order chi connectivity index (χ1) is 14.2. The number of urea groups is 1. The second-order valence-corrected chi connectivity index (χ2v) is 7.47. The van der Waals surface area contributed by atoms with E-state index in [0.29, 0.717) is 18.8 Å². The summed E-state index contributed by atoms with van der Waals surface area (Å²) in [6.07, 6.45) is 0.165. The summed E-state index contributed by atoms with van der Waals surface area (Å²) in [5.74, 6) is 1.36. The SMILES string of the molecule is CN(C)c1ccnc(N[C@H]2CC[C@@H](NC(=O)Nc3ccccc3C(F)(F)F)CC2)n1. The Morgan fingerprint density at radius 3 is 2.40 bits per heavy atom. The highest BCUT2D eigenvalue weighted by atomic mass is 19.4. The summed E-state index contributed by atoms with van der Waals surface area (Å²) in [7, 11) is 3.81. The molecule has 1 saturated carbocycles. The zero-order chi connectivity index (χ0) is 21.7. The molecule has 0 spiro atoms. The van der Waals surface area contributed by atoms with Crippen LogP contribution in [0.25, 0.3) is 0 Å². The summed E-state index contributed by atoms with van der Waals surface area (Å²) in [4.78, 5) is 22.8. The van der Waals surface area contributed by atoms with Crippen LogP contribution in [0.5, 0.6) is 0 Å². The van der Waals surface area contributed by atoms with Crippen LogP contribution in [0.15, 0.2) is 36.5 Å². The normalized spacial score (nSPS) is 19.1. The average molecular weight is 422 g/mol. The van der Waals surface area contributed by atoms with Gasteiger partial charge in [-0.05, 0) is 43.9 Å². The Bertz CT molecular complexity index is 866. The molecule has 1 fully saturated rings. The molecule has 1 heterocycles. The molecule has 10 heteroatoms. The number of nitrogens with one attached hydrogen (secondary N) is 3. The van der Waals surface area contributed by atoms with Crippen LogP contribution in [-0.2, 0) is 6.18 Å². The third-order valence-corrected chi connectivity index (χ3v) is 4.98. The van der Waals surface area contributed by atoms with Crippen LogP contribution in [0.2, 0.25) is 0 Å². The predicted octanol–water partition coefficient (Wildman–Crippen LogP) is 4.11. The summed E-state index contributed by atoms with van der Waals surface area (Å²) >= 11 is 0. The number of carbonyl (C=O) groups is 1. The second kappa shape index (κ2) is 9.19. The fourth-order valence-corrected chi connectivity index (χ4v) is 3.42. The third-order valence-electron chi connectivity index (χ3n) is 4.98. The van der Waals surface area contributed by atoms with E-state index < -0.39 is 17.8 Å². The highest BCUT2D eigenvalue weighted by molar-refractivity contribution is 5.90. The van der Waals surface area contributed by atoms with Crippen molar-refractivity contribution >= 4 is 23.5 Å². The zero-order valence-corrected chi connectivity index (χ0v) is 16.8. The van der Waals surface area contributed by atoms with E-state index in [1.807, 2.05) is 25.1 Å². The Morgan fingerprint density at radius 1 is 1.07 bits per heavy atom. The Balaban J connectivity index is 1.49. The van der Waals surface area contributed by atoms with Crippen molar-refractivity contribution in [2.24, 2.45) is 0 Å². The number of benzene rings is 1. The summed E-state index contributed by atoms with van der Waals surface area (Å²) in [5.41, 5.74) is -1.12. The van der Waals surface area contributed by atoms with Gasteiger partial charge in [0.25, 0.3) is 0 Å². The molecule has 3 rings (SSSR count). The van der Waals surface area contributed by atoms with Gasteiger partial charge >= 0.3 is 12.2 Å². The summed E-state index contributed by atoms with van der Waals surface area (Å²) in [6, 6.07) is 6.19. The van der Waals surface area contributed by atoms with Gasteiger partial charge in [0.1, 0.15) is 5.82 Å². The van der Waals surface area contributed by atoms with Gasteiger partial charge in [-0.3, -0.25) is 0 Å². The van der Waals surface area contributed by atoms with Crippen molar-refractivity contribution in [3.05, 3.63) is 42.1 Å². The van der Waals surface area contributed by atoms with Crippen LogP contribution in [0, 0.1) is 0 Å². The van der Waals surface area contributed by atoms with Crippen LogP contribution in [0.1, 0.15) is 31.2 Å². The number of nitrogens with zero attached hydrogens (tertiary/aromatic N) is 3. The third kappa shape index (κ3) is 5.74. The molecule has 30 heavy (non-hydrogen) atoms. The number of aromatic nitrogens is 2. The first kappa shape index (κ1) is 21.7. The van der Waals surface area contributed by atoms with Crippen LogP contribution >= 0.6 is 0 Å². The van der Waals surface area contributed by atoms with Crippen molar-refractivity contribution in [1.82, 2.24) is 15.3 Å². The Hall–Kier alpha value is -3.04. The van der Waals surface area contributed by atoms with Gasteiger partial charge in [0.15, 0.2) is 0 Å². The first-order valence-electron chi connectivity index (χ1n) is 9.73. The van der Waals surface area contributed by atoms with Crippen molar-refractivity contribution in [3.8, 4) is 0 Å². The summed E-state index contributed by atoms with van der Waals surface area (Å²) < 4.78 is 39.2. The van der Waals surface area contributed by atoms with Crippen LogP contribution < -0.4 is 20.9 Å². The smallest absolute Gasteiger partial charge is 0.363 e. The average Bonchev–Trinajstić information content (AvgIpc) is 2.69. The number of anilines is 3. The quantitative estimate of drug-likeness (QED) is 0.676. The first-order valence-corrected chi connectivity index (χ1v) is 9.73. The molecule has 7 nitrogen and oxygen atoms in total. The van der Waals surface area contributed by atoms with Crippen molar-refractivity contribution in [1.29, 1.82) is 0 Å². The highest BCUT2D eigenvalue weighted by Crippen LogP contribution is 2.34. The maximum atomic E-state index is 13.1. The van der Waals surface area contributed by atoms with Gasteiger partial charge in [0.2, 0.25) is 5.95 Å². The number of hydrogen-bond donors (Lipinski definition) is 3. The minimum Gasteiger partial charge on any atom is -0.363 e. The number of para-hydroxylation sites is 1. The van der Waals surface area contributed by atoms with Crippen molar-refractivity contribution in [2.75, 3.05) is 29.6 Å². The second-order valence-electron chi connectivity index (χ2n) is 7.47. The summed E-state index contributed by atoms with van der Waals surface area (Å²) in [5, 5.41) is 8.40. The standard InChI is InChI=1S/C20H25F3N6O/c1-29(2)17-11-12-24-18(28-17)25-13-7-9-14(10-8-13)26-19(30)27-16-6-4-3-5-15(16)20(21,22)23/h3-6,11-14H,7-10H2,1-2H3,(H,24,25,28)(H2,26,27,30)/t13-,14+. The fourth-order valence-electron chi connectivity index (χ4n) is 3.42. The minimum absolute atomic E-state index is 0.102. The van der Waals surface area contributed by atoms with E-state index in [4.69, 9.17) is 0 Å². The van der Waals surface area contributed by atoms with Crippen LogP contribution in [-0.4, -0.2) is 42.2 Å². The molecule has 3 N–H and O–H groups in total. The van der Waals surface area contributed by atoms with Crippen molar-refractivity contribution in [2.45, 2.75) is 43.9 Å². The van der Waals surface area contributed by atoms with E-state index >= 15 is 0 Å². The Morgan fingerprint density at radius 2 is 1.73 bits per heavy atom. The summed E-state index contributed by atoms with van der Waals surface area (Å²) in [6.45, 7) is 0. The predicted molar refractivity (Wildman–Crippen MR) is 110 cm³/mol. The lowest BCUT2D eigenvalue weighted by Crippen LogP contribution is -2.42. The number of amides is 2. The van der Waals surface area contributed by atoms with E-state index in [1.54, 1.807) is 6.20 Å². The van der Waals surface area contributed by atoms with Gasteiger partial charge in [-0.25, -0.2) is 9.78 Å². The zero-order valence-electron chi connectivity index (χ0n) is 16.8. The van der Waals surface area contributed by atoms with Gasteiger partial charge in [-0.1, -0.05) is 12.1 Å². The molecule has 0 aliphatic heterocycles. The van der Waals surface area contributed by atoms with Gasteiger partial charge < -0.3 is 20.9 Å². The molecule has 0 radical (unpaired) electrons. The molecule has 1 aliphatic carbocycles. The minimum atomic E-state index is -4.53. The molecule has 2 aromatic rings. The van der Waals surface area contributed by atoms with E-state index in [9.17, 15) is 18.0 Å². The lowest BCUT2D eigenvalue weighted by atomic mass is 9.91. The molecule has 0 saturated heterocycles.